The van der Waals surface area contributed by atoms with Crippen molar-refractivity contribution in [2.75, 3.05) is 0 Å². The summed E-state index contributed by atoms with van der Waals surface area (Å²) in [5, 5.41) is 3.07. The Morgan fingerprint density at radius 2 is 1.38 bits per heavy atom. The van der Waals surface area contributed by atoms with Gasteiger partial charge < -0.3 is 0 Å². The molecule has 0 saturated carbocycles. The topological polar surface area (TPSA) is 0 Å². The summed E-state index contributed by atoms with van der Waals surface area (Å²) in [5.74, 6) is 0. The van der Waals surface area contributed by atoms with Crippen LogP contribution in [0, 0.1) is 0 Å². The first kappa shape index (κ1) is 6.94. The van der Waals surface area contributed by atoms with Crippen molar-refractivity contribution in [2.45, 2.75) is 24.4 Å². The third kappa shape index (κ3) is 1.66. The molecule has 0 aliphatic carbocycles. The first-order chi connectivity index (χ1) is 3.80. The molecule has 0 aromatic heterocycles. The molecule has 2 radical (unpaired) electrons. The third-order valence-corrected chi connectivity index (χ3v) is 11.6. The van der Waals surface area contributed by atoms with E-state index >= 15 is 0 Å². The molecular weight excluding hydrogens is 217 g/mol. The first-order valence-electron chi connectivity index (χ1n) is 2.91. The fourth-order valence-electron chi connectivity index (χ4n) is 0.692. The van der Waals surface area contributed by atoms with Gasteiger partial charge in [0.2, 0.25) is 0 Å². The number of hydrogen-bond acceptors (Lipinski definition) is 0. The van der Waals surface area contributed by atoms with E-state index in [4.69, 9.17) is 0 Å². The predicted molar refractivity (Wildman–Crippen MR) is 39.5 cm³/mol. The van der Waals surface area contributed by atoms with E-state index in [1.807, 2.05) is 0 Å². The molecule has 1 heterocycles. The molecule has 0 nitrogen and oxygen atoms in total. The second-order valence-electron chi connectivity index (χ2n) is 2.27. The van der Waals surface area contributed by atoms with Gasteiger partial charge in [0.05, 0.1) is 0 Å². The normalized spacial score (nSPS) is 19.8. The van der Waals surface area contributed by atoms with E-state index in [1.54, 1.807) is 11.1 Å². The zero-order valence-electron chi connectivity index (χ0n) is 5.41. The molecule has 0 aromatic rings. The molecule has 0 unspecified atom stereocenters. The number of rotatable bonds is 0. The van der Waals surface area contributed by atoms with Crippen molar-refractivity contribution in [2.24, 2.45) is 0 Å². The van der Waals surface area contributed by atoms with Crippen LogP contribution in [0.3, 0.4) is 0 Å². The van der Waals surface area contributed by atoms with Crippen molar-refractivity contribution >= 4 is 25.8 Å². The Morgan fingerprint density at radius 3 is 1.62 bits per heavy atom. The van der Waals surface area contributed by atoms with Gasteiger partial charge in [-0.1, -0.05) is 0 Å². The molecular formula is C6H10Ge2. The van der Waals surface area contributed by atoms with E-state index in [2.05, 4.69) is 13.8 Å². The van der Waals surface area contributed by atoms with E-state index in [0.717, 1.165) is 0 Å². The Balaban J connectivity index is 2.67. The molecule has 42 valence electrons. The summed E-state index contributed by atoms with van der Waals surface area (Å²) in [7, 11) is 0. The van der Waals surface area contributed by atoms with Gasteiger partial charge in [-0.3, -0.25) is 0 Å². The van der Waals surface area contributed by atoms with Crippen LogP contribution < -0.4 is 0 Å². The van der Waals surface area contributed by atoms with Crippen LogP contribution >= 0.6 is 0 Å². The third-order valence-electron chi connectivity index (χ3n) is 1.56. The SMILES string of the molecule is CC1=C(C)[CH2][Ge]=[Ge][CH2]1. The summed E-state index contributed by atoms with van der Waals surface area (Å²) in [6.45, 7) is 4.62. The van der Waals surface area contributed by atoms with Crippen LogP contribution in [0.4, 0.5) is 0 Å². The summed E-state index contributed by atoms with van der Waals surface area (Å²) in [5.41, 5.74) is 3.44. The van der Waals surface area contributed by atoms with Crippen molar-refractivity contribution in [3.8, 4) is 0 Å². The fraction of sp³-hybridized carbons (Fsp3) is 0.667. The van der Waals surface area contributed by atoms with Crippen LogP contribution in [0.25, 0.3) is 0 Å². The van der Waals surface area contributed by atoms with Crippen LogP contribution in [0.2, 0.25) is 10.5 Å². The summed E-state index contributed by atoms with van der Waals surface area (Å²) < 4.78 is 0. The Bertz CT molecular complexity index is 129. The zero-order valence-corrected chi connectivity index (χ0v) is 9.61. The molecule has 0 aromatic carbocycles. The van der Waals surface area contributed by atoms with Crippen molar-refractivity contribution in [1.29, 1.82) is 0 Å². The van der Waals surface area contributed by atoms with Crippen LogP contribution in [0.1, 0.15) is 13.8 Å². The van der Waals surface area contributed by atoms with Gasteiger partial charge in [-0.15, -0.1) is 0 Å². The second-order valence-corrected chi connectivity index (χ2v) is 12.9. The van der Waals surface area contributed by atoms with Crippen molar-refractivity contribution in [3.63, 3.8) is 0 Å². The van der Waals surface area contributed by atoms with E-state index in [0.29, 0.717) is 25.8 Å². The fourth-order valence-corrected chi connectivity index (χ4v) is 12.1. The summed E-state index contributed by atoms with van der Waals surface area (Å²) in [4.78, 5) is 0. The van der Waals surface area contributed by atoms with Gasteiger partial charge in [-0.2, -0.15) is 0 Å². The maximum atomic E-state index is 2.31. The molecule has 0 saturated heterocycles. The van der Waals surface area contributed by atoms with Crippen LogP contribution in [-0.2, 0) is 0 Å². The summed E-state index contributed by atoms with van der Waals surface area (Å²) >= 11 is 1.20. The summed E-state index contributed by atoms with van der Waals surface area (Å²) in [6, 6.07) is 0. The number of allylic oxidation sites excluding steroid dienone is 2. The van der Waals surface area contributed by atoms with Gasteiger partial charge in [-0.05, 0) is 0 Å². The van der Waals surface area contributed by atoms with Gasteiger partial charge in [0.25, 0.3) is 0 Å². The van der Waals surface area contributed by atoms with Crippen LogP contribution in [-0.4, -0.2) is 25.8 Å². The van der Waals surface area contributed by atoms with Gasteiger partial charge >= 0.3 is 61.3 Å². The van der Waals surface area contributed by atoms with Crippen molar-refractivity contribution in [1.82, 2.24) is 0 Å². The first-order valence-corrected chi connectivity index (χ1v) is 12.4. The van der Waals surface area contributed by atoms with Crippen molar-refractivity contribution in [3.05, 3.63) is 11.1 Å². The molecule has 0 fully saturated rings. The van der Waals surface area contributed by atoms with Crippen LogP contribution in [0.5, 0.6) is 0 Å². The zero-order chi connectivity index (χ0) is 5.98. The average molecular weight is 227 g/mol. The molecule has 1 rings (SSSR count). The molecule has 0 spiro atoms. The minimum atomic E-state index is 0.601. The molecule has 1 aliphatic rings. The van der Waals surface area contributed by atoms with Gasteiger partial charge in [0, 0.05) is 0 Å². The van der Waals surface area contributed by atoms with Crippen molar-refractivity contribution < 1.29 is 0 Å². The minimum absolute atomic E-state index is 0.601. The van der Waals surface area contributed by atoms with Gasteiger partial charge in [-0.25, -0.2) is 0 Å². The maximum absolute atomic E-state index is 2.31. The van der Waals surface area contributed by atoms with Crippen LogP contribution in [0.15, 0.2) is 11.1 Å². The average Bonchev–Trinajstić information content (AvgIpc) is 1.77. The molecule has 0 N–H and O–H groups in total. The van der Waals surface area contributed by atoms with E-state index in [1.165, 1.54) is 10.5 Å². The second kappa shape index (κ2) is 3.11. The molecule has 1 aliphatic heterocycles. The predicted octanol–water partition coefficient (Wildman–Crippen LogP) is 1.50. The molecule has 0 atom stereocenters. The van der Waals surface area contributed by atoms with E-state index in [9.17, 15) is 0 Å². The molecule has 2 heteroatoms. The molecule has 0 amide bonds. The Hall–Kier alpha value is 0.826. The quantitative estimate of drug-likeness (QED) is 0.434. The van der Waals surface area contributed by atoms with E-state index < -0.39 is 0 Å². The molecule has 8 heavy (non-hydrogen) atoms. The van der Waals surface area contributed by atoms with E-state index in [-0.39, 0.29) is 0 Å². The standard InChI is InChI=1S/C6H10Ge2/c1-5-3-7-8-4-6(5)2/h3-4H2,1-2H3. The Kier molecular flexibility index (Phi) is 2.70. The van der Waals surface area contributed by atoms with Gasteiger partial charge in [0.1, 0.15) is 0 Å². The monoisotopic (exact) mass is 230 g/mol. The van der Waals surface area contributed by atoms with Gasteiger partial charge in [0.15, 0.2) is 0 Å². The number of hydrogen-bond donors (Lipinski definition) is 0. The Morgan fingerprint density at radius 1 is 1.00 bits per heavy atom. The Labute approximate surface area is 61.4 Å². The molecule has 0 bridgehead atoms. The summed E-state index contributed by atoms with van der Waals surface area (Å²) in [6.07, 6.45) is 0.